The zero-order valence-corrected chi connectivity index (χ0v) is 9.60. The molecule has 4 heteroatoms. The highest BCUT2D eigenvalue weighted by atomic mass is 16.1. The maximum absolute atomic E-state index is 12.3. The minimum absolute atomic E-state index is 0.0330. The fourth-order valence-corrected chi connectivity index (χ4v) is 2.12. The Bertz CT molecular complexity index is 631. The van der Waals surface area contributed by atoms with Gasteiger partial charge < -0.3 is 5.32 Å². The van der Waals surface area contributed by atoms with Gasteiger partial charge in [0.15, 0.2) is 0 Å². The van der Waals surface area contributed by atoms with E-state index in [1.54, 1.807) is 10.9 Å². The van der Waals surface area contributed by atoms with Crippen LogP contribution in [0.3, 0.4) is 0 Å². The number of fused-ring (bicyclic) bond motifs is 1. The number of nitrogens with zero attached hydrogens (tertiary/aromatic N) is 2. The summed E-state index contributed by atoms with van der Waals surface area (Å²) in [7, 11) is 0. The first kappa shape index (κ1) is 10.2. The van der Waals surface area contributed by atoms with Crippen LogP contribution in [0.5, 0.6) is 0 Å². The lowest BCUT2D eigenvalue weighted by atomic mass is 10.2. The van der Waals surface area contributed by atoms with Crippen molar-refractivity contribution in [3.8, 4) is 5.69 Å². The number of hydrogen-bond acceptors (Lipinski definition) is 3. The summed E-state index contributed by atoms with van der Waals surface area (Å²) < 4.78 is 1.61. The van der Waals surface area contributed by atoms with E-state index in [1.807, 2.05) is 31.2 Å². The third-order valence-electron chi connectivity index (χ3n) is 3.03. The van der Waals surface area contributed by atoms with Gasteiger partial charge in [-0.2, -0.15) is 0 Å². The molecule has 2 heterocycles. The topological polar surface area (TPSA) is 46.9 Å². The molecule has 3 rings (SSSR count). The van der Waals surface area contributed by atoms with Crippen molar-refractivity contribution >= 4 is 0 Å². The largest absolute Gasteiger partial charge is 0.307 e. The van der Waals surface area contributed by atoms with Crippen LogP contribution in [-0.4, -0.2) is 9.55 Å². The van der Waals surface area contributed by atoms with E-state index in [0.717, 1.165) is 22.5 Å². The smallest absolute Gasteiger partial charge is 0.262 e. The van der Waals surface area contributed by atoms with Crippen molar-refractivity contribution in [1.29, 1.82) is 0 Å². The molecular weight excluding hydrogens is 214 g/mol. The maximum atomic E-state index is 12.3. The first-order valence-corrected chi connectivity index (χ1v) is 5.63. The molecule has 0 saturated heterocycles. The van der Waals surface area contributed by atoms with Gasteiger partial charge in [0, 0.05) is 13.1 Å². The van der Waals surface area contributed by atoms with Gasteiger partial charge in [-0.1, -0.05) is 12.1 Å². The minimum Gasteiger partial charge on any atom is -0.307 e. The number of rotatable bonds is 1. The molecule has 0 aliphatic carbocycles. The molecule has 0 unspecified atom stereocenters. The summed E-state index contributed by atoms with van der Waals surface area (Å²) in [4.78, 5) is 16.6. The SMILES string of the molecule is Cc1cccc(-n2cnc3c(c2=O)CNC3)c1. The Balaban J connectivity index is 2.20. The van der Waals surface area contributed by atoms with Crippen molar-refractivity contribution in [3.05, 3.63) is 57.8 Å². The molecule has 0 amide bonds. The molecule has 0 fully saturated rings. The van der Waals surface area contributed by atoms with Crippen LogP contribution in [0.2, 0.25) is 0 Å². The quantitative estimate of drug-likeness (QED) is 0.794. The second kappa shape index (κ2) is 3.82. The summed E-state index contributed by atoms with van der Waals surface area (Å²) in [6.45, 7) is 3.32. The summed E-state index contributed by atoms with van der Waals surface area (Å²) in [6, 6.07) is 7.86. The van der Waals surface area contributed by atoms with Crippen LogP contribution in [-0.2, 0) is 13.1 Å². The summed E-state index contributed by atoms with van der Waals surface area (Å²) in [5.74, 6) is 0. The number of aryl methyl sites for hydroxylation is 1. The van der Waals surface area contributed by atoms with Crippen molar-refractivity contribution in [2.45, 2.75) is 20.0 Å². The Morgan fingerprint density at radius 1 is 1.35 bits per heavy atom. The molecule has 1 aromatic carbocycles. The average molecular weight is 227 g/mol. The van der Waals surface area contributed by atoms with Gasteiger partial charge in [0.25, 0.3) is 5.56 Å². The first-order chi connectivity index (χ1) is 8.25. The Hall–Kier alpha value is -1.94. The lowest BCUT2D eigenvalue weighted by Gasteiger charge is -2.07. The highest BCUT2D eigenvalue weighted by Gasteiger charge is 2.16. The van der Waals surface area contributed by atoms with Gasteiger partial charge in [-0.05, 0) is 24.6 Å². The van der Waals surface area contributed by atoms with Crippen LogP contribution in [0.1, 0.15) is 16.8 Å². The van der Waals surface area contributed by atoms with Crippen molar-refractivity contribution in [3.63, 3.8) is 0 Å². The van der Waals surface area contributed by atoms with Gasteiger partial charge in [-0.15, -0.1) is 0 Å². The molecular formula is C13H13N3O. The number of hydrogen-bond donors (Lipinski definition) is 1. The standard InChI is InChI=1S/C13H13N3O/c1-9-3-2-4-10(5-9)16-8-15-12-7-14-6-11(12)13(16)17/h2-5,8,14H,6-7H2,1H3. The predicted molar refractivity (Wildman–Crippen MR) is 65.1 cm³/mol. The molecule has 4 nitrogen and oxygen atoms in total. The minimum atomic E-state index is 0.0330. The molecule has 1 aliphatic rings. The molecule has 1 aliphatic heterocycles. The van der Waals surface area contributed by atoms with Gasteiger partial charge in [0.05, 0.1) is 16.9 Å². The summed E-state index contributed by atoms with van der Waals surface area (Å²) in [6.07, 6.45) is 1.61. The van der Waals surface area contributed by atoms with Crippen LogP contribution in [0, 0.1) is 6.92 Å². The fourth-order valence-electron chi connectivity index (χ4n) is 2.12. The van der Waals surface area contributed by atoms with Gasteiger partial charge in [-0.25, -0.2) is 4.98 Å². The second-order valence-corrected chi connectivity index (χ2v) is 4.29. The monoisotopic (exact) mass is 227 g/mol. The lowest BCUT2D eigenvalue weighted by molar-refractivity contribution is 0.756. The Morgan fingerprint density at radius 3 is 3.06 bits per heavy atom. The molecule has 0 bridgehead atoms. The van der Waals surface area contributed by atoms with E-state index in [-0.39, 0.29) is 5.56 Å². The second-order valence-electron chi connectivity index (χ2n) is 4.29. The van der Waals surface area contributed by atoms with E-state index in [2.05, 4.69) is 10.3 Å². The van der Waals surface area contributed by atoms with E-state index < -0.39 is 0 Å². The summed E-state index contributed by atoms with van der Waals surface area (Å²) in [5.41, 5.74) is 3.70. The molecule has 2 aromatic rings. The zero-order valence-electron chi connectivity index (χ0n) is 9.60. The molecule has 1 aromatic heterocycles. The van der Waals surface area contributed by atoms with E-state index in [9.17, 15) is 4.79 Å². The van der Waals surface area contributed by atoms with E-state index >= 15 is 0 Å². The maximum Gasteiger partial charge on any atom is 0.262 e. The normalized spacial score (nSPS) is 13.7. The number of nitrogens with one attached hydrogen (secondary N) is 1. The van der Waals surface area contributed by atoms with Crippen LogP contribution < -0.4 is 10.9 Å². The highest BCUT2D eigenvalue weighted by molar-refractivity contribution is 5.36. The Labute approximate surface area is 98.9 Å². The van der Waals surface area contributed by atoms with Gasteiger partial charge in [0.1, 0.15) is 6.33 Å². The van der Waals surface area contributed by atoms with Crippen molar-refractivity contribution in [1.82, 2.24) is 14.9 Å². The molecule has 0 saturated carbocycles. The summed E-state index contributed by atoms with van der Waals surface area (Å²) >= 11 is 0. The number of benzene rings is 1. The summed E-state index contributed by atoms with van der Waals surface area (Å²) in [5, 5.41) is 3.14. The highest BCUT2D eigenvalue weighted by Crippen LogP contribution is 2.11. The van der Waals surface area contributed by atoms with Crippen LogP contribution in [0.25, 0.3) is 5.69 Å². The van der Waals surface area contributed by atoms with Crippen molar-refractivity contribution < 1.29 is 0 Å². The van der Waals surface area contributed by atoms with Crippen molar-refractivity contribution in [2.75, 3.05) is 0 Å². The third-order valence-corrected chi connectivity index (χ3v) is 3.03. The van der Waals surface area contributed by atoms with Crippen molar-refractivity contribution in [2.24, 2.45) is 0 Å². The lowest BCUT2D eigenvalue weighted by Crippen LogP contribution is -2.23. The van der Waals surface area contributed by atoms with Crippen LogP contribution >= 0.6 is 0 Å². The average Bonchev–Trinajstić information content (AvgIpc) is 2.78. The Kier molecular flexibility index (Phi) is 2.30. The predicted octanol–water partition coefficient (Wildman–Crippen LogP) is 1.14. The van der Waals surface area contributed by atoms with E-state index in [1.165, 1.54) is 0 Å². The molecule has 17 heavy (non-hydrogen) atoms. The molecule has 0 atom stereocenters. The van der Waals surface area contributed by atoms with Crippen LogP contribution in [0.15, 0.2) is 35.4 Å². The molecule has 0 radical (unpaired) electrons. The fraction of sp³-hybridized carbons (Fsp3) is 0.231. The third kappa shape index (κ3) is 1.66. The van der Waals surface area contributed by atoms with Gasteiger partial charge in [0.2, 0.25) is 0 Å². The molecule has 0 spiro atoms. The van der Waals surface area contributed by atoms with Gasteiger partial charge in [-0.3, -0.25) is 9.36 Å². The first-order valence-electron chi connectivity index (χ1n) is 5.63. The molecule has 86 valence electrons. The van der Waals surface area contributed by atoms with E-state index in [0.29, 0.717) is 13.1 Å². The van der Waals surface area contributed by atoms with E-state index in [4.69, 9.17) is 0 Å². The van der Waals surface area contributed by atoms with Gasteiger partial charge >= 0.3 is 0 Å². The zero-order chi connectivity index (χ0) is 11.8. The molecule has 1 N–H and O–H groups in total. The van der Waals surface area contributed by atoms with Crippen LogP contribution in [0.4, 0.5) is 0 Å². The number of aromatic nitrogens is 2. The Morgan fingerprint density at radius 2 is 2.24 bits per heavy atom.